The molecule has 2 rings (SSSR count). The van der Waals surface area contributed by atoms with E-state index in [0.717, 1.165) is 16.9 Å². The second-order valence-corrected chi connectivity index (χ2v) is 4.13. The fraction of sp³-hybridized carbons (Fsp3) is 0.231. The van der Waals surface area contributed by atoms with Crippen molar-refractivity contribution in [1.29, 1.82) is 0 Å². The molecule has 88 valence electrons. The number of nitrogens with one attached hydrogen (secondary N) is 1. The quantitative estimate of drug-likeness (QED) is 0.858. The number of benzene rings is 1. The van der Waals surface area contributed by atoms with Crippen LogP contribution in [0.4, 0.5) is 5.69 Å². The maximum absolute atomic E-state index is 12.0. The summed E-state index contributed by atoms with van der Waals surface area (Å²) < 4.78 is 1.64. The van der Waals surface area contributed by atoms with Crippen LogP contribution in [0, 0.1) is 13.8 Å². The summed E-state index contributed by atoms with van der Waals surface area (Å²) in [5, 5.41) is 7.01. The van der Waals surface area contributed by atoms with Gasteiger partial charge >= 0.3 is 0 Å². The minimum absolute atomic E-state index is 0.124. The van der Waals surface area contributed by atoms with E-state index in [4.69, 9.17) is 0 Å². The van der Waals surface area contributed by atoms with Crippen molar-refractivity contribution in [3.05, 3.63) is 47.3 Å². The van der Waals surface area contributed by atoms with Gasteiger partial charge < -0.3 is 5.32 Å². The predicted octanol–water partition coefficient (Wildman–Crippen LogP) is 2.29. The predicted molar refractivity (Wildman–Crippen MR) is 67.1 cm³/mol. The Balaban J connectivity index is 2.20. The van der Waals surface area contributed by atoms with Crippen LogP contribution >= 0.6 is 0 Å². The summed E-state index contributed by atoms with van der Waals surface area (Å²) in [7, 11) is 1.80. The third kappa shape index (κ3) is 2.53. The Hall–Kier alpha value is -2.10. The lowest BCUT2D eigenvalue weighted by Crippen LogP contribution is -2.12. The molecule has 0 unspecified atom stereocenters. The van der Waals surface area contributed by atoms with Crippen molar-refractivity contribution >= 4 is 11.6 Å². The summed E-state index contributed by atoms with van der Waals surface area (Å²) in [5.41, 5.74) is 3.26. The summed E-state index contributed by atoms with van der Waals surface area (Å²) in [4.78, 5) is 12.0. The molecule has 1 heterocycles. The number of carbonyl (C=O) groups is 1. The van der Waals surface area contributed by atoms with Gasteiger partial charge in [-0.25, -0.2) is 0 Å². The van der Waals surface area contributed by atoms with Crippen LogP contribution in [-0.2, 0) is 7.05 Å². The number of hydrogen-bond acceptors (Lipinski definition) is 2. The second kappa shape index (κ2) is 4.41. The molecule has 0 aliphatic heterocycles. The van der Waals surface area contributed by atoms with E-state index in [-0.39, 0.29) is 5.91 Å². The molecule has 0 fully saturated rings. The Labute approximate surface area is 100 Å². The van der Waals surface area contributed by atoms with E-state index in [1.165, 1.54) is 0 Å². The molecule has 1 amide bonds. The number of carbonyl (C=O) groups excluding carboxylic acids is 1. The smallest absolute Gasteiger partial charge is 0.259 e. The van der Waals surface area contributed by atoms with E-state index in [0.29, 0.717) is 5.56 Å². The molecule has 0 aliphatic carbocycles. The van der Waals surface area contributed by atoms with Crippen LogP contribution in [-0.4, -0.2) is 15.7 Å². The monoisotopic (exact) mass is 229 g/mol. The summed E-state index contributed by atoms with van der Waals surface area (Å²) in [6.07, 6.45) is 1.72. The van der Waals surface area contributed by atoms with Gasteiger partial charge in [0, 0.05) is 18.9 Å². The van der Waals surface area contributed by atoms with Crippen molar-refractivity contribution in [3.63, 3.8) is 0 Å². The van der Waals surface area contributed by atoms with Crippen molar-refractivity contribution < 1.29 is 4.79 Å². The molecule has 4 heteroatoms. The second-order valence-electron chi connectivity index (χ2n) is 4.13. The number of aryl methyl sites for hydroxylation is 3. The van der Waals surface area contributed by atoms with E-state index in [9.17, 15) is 4.79 Å². The highest BCUT2D eigenvalue weighted by molar-refractivity contribution is 6.04. The first-order chi connectivity index (χ1) is 8.06. The van der Waals surface area contributed by atoms with Gasteiger partial charge in [0.25, 0.3) is 5.91 Å². The SMILES string of the molecule is Cc1cccc(NC(=O)c2cn(C)nc2C)c1. The fourth-order valence-electron chi connectivity index (χ4n) is 1.74. The average molecular weight is 229 g/mol. The van der Waals surface area contributed by atoms with Crippen molar-refractivity contribution in [2.75, 3.05) is 5.32 Å². The molecule has 0 radical (unpaired) electrons. The molecule has 0 saturated heterocycles. The van der Waals surface area contributed by atoms with Crippen LogP contribution in [0.15, 0.2) is 30.5 Å². The third-order valence-electron chi connectivity index (χ3n) is 2.53. The Morgan fingerprint density at radius 3 is 2.71 bits per heavy atom. The van der Waals surface area contributed by atoms with Gasteiger partial charge in [-0.05, 0) is 31.5 Å². The highest BCUT2D eigenvalue weighted by Crippen LogP contribution is 2.12. The standard InChI is InChI=1S/C13H15N3O/c1-9-5-4-6-11(7-9)14-13(17)12-8-16(3)15-10(12)2/h4-8H,1-3H3,(H,14,17). The molecule has 0 atom stereocenters. The Kier molecular flexibility index (Phi) is 2.95. The molecule has 0 saturated carbocycles. The molecule has 0 spiro atoms. The average Bonchev–Trinajstić information content (AvgIpc) is 2.58. The zero-order valence-corrected chi connectivity index (χ0v) is 10.2. The number of anilines is 1. The summed E-state index contributed by atoms with van der Waals surface area (Å²) in [6.45, 7) is 3.82. The van der Waals surface area contributed by atoms with E-state index in [2.05, 4.69) is 10.4 Å². The molecular weight excluding hydrogens is 214 g/mol. The van der Waals surface area contributed by atoms with Crippen LogP contribution in [0.25, 0.3) is 0 Å². The molecule has 0 aliphatic rings. The van der Waals surface area contributed by atoms with Crippen molar-refractivity contribution in [2.24, 2.45) is 7.05 Å². The van der Waals surface area contributed by atoms with E-state index < -0.39 is 0 Å². The molecule has 1 aromatic carbocycles. The Bertz CT molecular complexity index is 558. The maximum atomic E-state index is 12.0. The zero-order chi connectivity index (χ0) is 12.4. The highest BCUT2D eigenvalue weighted by Gasteiger charge is 2.12. The molecule has 0 bridgehead atoms. The summed E-state index contributed by atoms with van der Waals surface area (Å²) in [5.74, 6) is -0.124. The van der Waals surface area contributed by atoms with Crippen LogP contribution in [0.5, 0.6) is 0 Å². The molecule has 17 heavy (non-hydrogen) atoms. The molecular formula is C13H15N3O. The lowest BCUT2D eigenvalue weighted by Gasteiger charge is -2.04. The first kappa shape index (κ1) is 11.4. The Morgan fingerprint density at radius 2 is 2.12 bits per heavy atom. The minimum Gasteiger partial charge on any atom is -0.322 e. The van der Waals surface area contributed by atoms with E-state index in [1.54, 1.807) is 17.9 Å². The normalized spacial score (nSPS) is 10.3. The molecule has 4 nitrogen and oxygen atoms in total. The summed E-state index contributed by atoms with van der Waals surface area (Å²) >= 11 is 0. The zero-order valence-electron chi connectivity index (χ0n) is 10.2. The highest BCUT2D eigenvalue weighted by atomic mass is 16.1. The van der Waals surface area contributed by atoms with Gasteiger partial charge in [-0.15, -0.1) is 0 Å². The van der Waals surface area contributed by atoms with Crippen molar-refractivity contribution in [1.82, 2.24) is 9.78 Å². The first-order valence-electron chi connectivity index (χ1n) is 5.44. The van der Waals surface area contributed by atoms with Crippen LogP contribution in [0.3, 0.4) is 0 Å². The van der Waals surface area contributed by atoms with Crippen LogP contribution < -0.4 is 5.32 Å². The molecule has 2 aromatic rings. The van der Waals surface area contributed by atoms with Gasteiger partial charge in [-0.3, -0.25) is 9.48 Å². The van der Waals surface area contributed by atoms with Gasteiger partial charge in [0.15, 0.2) is 0 Å². The van der Waals surface area contributed by atoms with E-state index in [1.807, 2.05) is 38.1 Å². The summed E-state index contributed by atoms with van der Waals surface area (Å²) in [6, 6.07) is 7.71. The van der Waals surface area contributed by atoms with Crippen molar-refractivity contribution in [2.45, 2.75) is 13.8 Å². The van der Waals surface area contributed by atoms with Crippen molar-refractivity contribution in [3.8, 4) is 0 Å². The first-order valence-corrected chi connectivity index (χ1v) is 5.44. The largest absolute Gasteiger partial charge is 0.322 e. The van der Waals surface area contributed by atoms with Gasteiger partial charge in [0.05, 0.1) is 11.3 Å². The van der Waals surface area contributed by atoms with Gasteiger partial charge in [-0.1, -0.05) is 12.1 Å². The molecule has 1 N–H and O–H groups in total. The van der Waals surface area contributed by atoms with Crippen LogP contribution in [0.2, 0.25) is 0 Å². The Morgan fingerprint density at radius 1 is 1.35 bits per heavy atom. The fourth-order valence-corrected chi connectivity index (χ4v) is 1.74. The maximum Gasteiger partial charge on any atom is 0.259 e. The van der Waals surface area contributed by atoms with Crippen LogP contribution in [0.1, 0.15) is 21.6 Å². The van der Waals surface area contributed by atoms with Gasteiger partial charge in [0.1, 0.15) is 0 Å². The lowest BCUT2D eigenvalue weighted by atomic mass is 10.2. The number of nitrogens with zero attached hydrogens (tertiary/aromatic N) is 2. The number of rotatable bonds is 2. The third-order valence-corrected chi connectivity index (χ3v) is 2.53. The van der Waals surface area contributed by atoms with Gasteiger partial charge in [-0.2, -0.15) is 5.10 Å². The lowest BCUT2D eigenvalue weighted by molar-refractivity contribution is 0.102. The number of hydrogen-bond donors (Lipinski definition) is 1. The van der Waals surface area contributed by atoms with Gasteiger partial charge in [0.2, 0.25) is 0 Å². The molecule has 1 aromatic heterocycles. The topological polar surface area (TPSA) is 46.9 Å². The number of amides is 1. The number of aromatic nitrogens is 2. The minimum atomic E-state index is -0.124. The van der Waals surface area contributed by atoms with E-state index >= 15 is 0 Å².